The van der Waals surface area contributed by atoms with Crippen LogP contribution in [0.2, 0.25) is 0 Å². The van der Waals surface area contributed by atoms with Gasteiger partial charge in [-0.2, -0.15) is 0 Å². The third kappa shape index (κ3) is 7.62. The molecule has 0 spiro atoms. The molecule has 0 aliphatic carbocycles. The van der Waals surface area contributed by atoms with E-state index < -0.39 is 0 Å². The molecule has 4 heteroatoms. The number of hydrogen-bond acceptors (Lipinski definition) is 4. The van der Waals surface area contributed by atoms with Crippen LogP contribution in [0.15, 0.2) is 243 Å². The van der Waals surface area contributed by atoms with Crippen molar-refractivity contribution < 1.29 is 0 Å². The number of hydrogen-bond donors (Lipinski definition) is 0. The van der Waals surface area contributed by atoms with Crippen LogP contribution in [0, 0.1) is 0 Å². The van der Waals surface area contributed by atoms with Gasteiger partial charge in [-0.05, 0) is 143 Å². The van der Waals surface area contributed by atoms with E-state index in [2.05, 4.69) is 265 Å². The van der Waals surface area contributed by atoms with Gasteiger partial charge in [0.15, 0.2) is 0 Å². The Labute approximate surface area is 392 Å². The highest BCUT2D eigenvalue weighted by Gasteiger charge is 2.17. The molecule has 2 heterocycles. The molecule has 10 aromatic carbocycles. The van der Waals surface area contributed by atoms with Crippen LogP contribution in [-0.2, 0) is 0 Å². The summed E-state index contributed by atoms with van der Waals surface area (Å²) in [7, 11) is 0. The standard InChI is InChI=1S/C62H42N2S2/c1-5-13-45(14-6-1)47-27-35-59-55(39-47)57-41-53(33-37-61(57)65-59)63(49-17-9-3-10-18-49)51-29-23-43(24-30-51)21-22-44-25-31-52(32-26-44)64(50-19-11-4-12-20-50)54-34-38-62-58(42-54)56-40-48(28-36-60(56)66-62)46-15-7-2-8-16-46/h1-42H. The first kappa shape index (κ1) is 39.6. The third-order valence-electron chi connectivity index (χ3n) is 12.4. The minimum atomic E-state index is 1.11. The van der Waals surface area contributed by atoms with Gasteiger partial charge in [0.1, 0.15) is 0 Å². The van der Waals surface area contributed by atoms with Crippen LogP contribution in [-0.4, -0.2) is 0 Å². The molecule has 312 valence electrons. The van der Waals surface area contributed by atoms with Crippen LogP contribution < -0.4 is 9.80 Å². The summed E-state index contributed by atoms with van der Waals surface area (Å²) in [6.45, 7) is 0. The first-order valence-corrected chi connectivity index (χ1v) is 23.9. The average molecular weight is 879 g/mol. The van der Waals surface area contributed by atoms with E-state index in [1.807, 2.05) is 22.7 Å². The number of anilines is 6. The maximum Gasteiger partial charge on any atom is 0.0468 e. The van der Waals surface area contributed by atoms with Gasteiger partial charge in [-0.25, -0.2) is 0 Å². The Hall–Kier alpha value is -8.02. The molecule has 0 aliphatic rings. The SMILES string of the molecule is C(=Cc1ccc(N(c2ccccc2)c2ccc3sc4ccc(-c5ccccc5)cc4c3c2)cc1)c1ccc(N(c2ccccc2)c2ccc3sc4ccc(-c5ccccc5)cc4c3c2)cc1. The molecule has 66 heavy (non-hydrogen) atoms. The molecule has 0 aliphatic heterocycles. The Kier molecular flexibility index (Phi) is 10.3. The molecule has 0 atom stereocenters. The predicted octanol–water partition coefficient (Wildman–Crippen LogP) is 18.9. The van der Waals surface area contributed by atoms with Crippen molar-refractivity contribution in [2.75, 3.05) is 9.80 Å². The van der Waals surface area contributed by atoms with E-state index in [-0.39, 0.29) is 0 Å². The quantitative estimate of drug-likeness (QED) is 0.126. The number of thiophene rings is 2. The first-order chi connectivity index (χ1) is 32.7. The Morgan fingerprint density at radius 1 is 0.242 bits per heavy atom. The highest BCUT2D eigenvalue weighted by atomic mass is 32.1. The van der Waals surface area contributed by atoms with E-state index in [0.29, 0.717) is 0 Å². The van der Waals surface area contributed by atoms with Crippen LogP contribution in [0.4, 0.5) is 34.1 Å². The van der Waals surface area contributed by atoms with Gasteiger partial charge in [-0.15, -0.1) is 22.7 Å². The van der Waals surface area contributed by atoms with Crippen LogP contribution in [0.1, 0.15) is 11.1 Å². The number of fused-ring (bicyclic) bond motifs is 6. The van der Waals surface area contributed by atoms with E-state index in [9.17, 15) is 0 Å². The molecule has 0 saturated carbocycles. The van der Waals surface area contributed by atoms with Gasteiger partial charge < -0.3 is 9.80 Å². The molecule has 12 rings (SSSR count). The van der Waals surface area contributed by atoms with E-state index in [4.69, 9.17) is 0 Å². The van der Waals surface area contributed by atoms with Gasteiger partial charge in [0, 0.05) is 74.5 Å². The zero-order chi connectivity index (χ0) is 43.8. The lowest BCUT2D eigenvalue weighted by molar-refractivity contribution is 1.29. The van der Waals surface area contributed by atoms with E-state index >= 15 is 0 Å². The topological polar surface area (TPSA) is 6.48 Å². The van der Waals surface area contributed by atoms with Crippen molar-refractivity contribution in [3.63, 3.8) is 0 Å². The van der Waals surface area contributed by atoms with E-state index in [1.54, 1.807) is 0 Å². The number of rotatable bonds is 10. The highest BCUT2D eigenvalue weighted by molar-refractivity contribution is 7.26. The molecule has 0 N–H and O–H groups in total. The smallest absolute Gasteiger partial charge is 0.0468 e. The summed E-state index contributed by atoms with van der Waals surface area (Å²) in [6, 6.07) is 87.9. The summed E-state index contributed by atoms with van der Waals surface area (Å²) >= 11 is 3.71. The minimum absolute atomic E-state index is 1.11. The van der Waals surface area contributed by atoms with Gasteiger partial charge >= 0.3 is 0 Å². The summed E-state index contributed by atoms with van der Waals surface area (Å²) < 4.78 is 5.18. The molecule has 12 aromatic rings. The van der Waals surface area contributed by atoms with Crippen molar-refractivity contribution in [3.05, 3.63) is 254 Å². The third-order valence-corrected chi connectivity index (χ3v) is 14.7. The van der Waals surface area contributed by atoms with Crippen molar-refractivity contribution in [1.29, 1.82) is 0 Å². The van der Waals surface area contributed by atoms with Crippen molar-refractivity contribution in [2.24, 2.45) is 0 Å². The molecule has 0 bridgehead atoms. The minimum Gasteiger partial charge on any atom is -0.310 e. The Balaban J connectivity index is 0.831. The van der Waals surface area contributed by atoms with Gasteiger partial charge in [0.25, 0.3) is 0 Å². The maximum absolute atomic E-state index is 2.36. The van der Waals surface area contributed by atoms with Crippen molar-refractivity contribution in [2.45, 2.75) is 0 Å². The molecule has 0 saturated heterocycles. The first-order valence-electron chi connectivity index (χ1n) is 22.3. The summed E-state index contributed by atoms with van der Waals surface area (Å²) in [5, 5.41) is 5.13. The predicted molar refractivity (Wildman–Crippen MR) is 288 cm³/mol. The monoisotopic (exact) mass is 878 g/mol. The summed E-state index contributed by atoms with van der Waals surface area (Å²) in [4.78, 5) is 4.71. The fourth-order valence-corrected chi connectivity index (χ4v) is 11.3. The summed E-state index contributed by atoms with van der Waals surface area (Å²) in [5.41, 5.74) is 13.9. The van der Waals surface area contributed by atoms with Gasteiger partial charge in [-0.1, -0.05) is 146 Å². The lowest BCUT2D eigenvalue weighted by Gasteiger charge is -2.26. The number of para-hydroxylation sites is 2. The fourth-order valence-electron chi connectivity index (χ4n) is 9.14. The summed E-state index contributed by atoms with van der Waals surface area (Å²) in [5.74, 6) is 0. The van der Waals surface area contributed by atoms with Crippen LogP contribution in [0.3, 0.4) is 0 Å². The average Bonchev–Trinajstić information content (AvgIpc) is 3.95. The molecule has 2 nitrogen and oxygen atoms in total. The molecule has 0 amide bonds. The van der Waals surface area contributed by atoms with Crippen molar-refractivity contribution in [3.8, 4) is 22.3 Å². The lowest BCUT2D eigenvalue weighted by Crippen LogP contribution is -2.09. The highest BCUT2D eigenvalue weighted by Crippen LogP contribution is 2.44. The zero-order valence-electron chi connectivity index (χ0n) is 36.0. The normalized spacial score (nSPS) is 11.6. The van der Waals surface area contributed by atoms with Gasteiger partial charge in [-0.3, -0.25) is 0 Å². The Morgan fingerprint density at radius 2 is 0.545 bits per heavy atom. The van der Waals surface area contributed by atoms with Crippen molar-refractivity contribution in [1.82, 2.24) is 0 Å². The van der Waals surface area contributed by atoms with Crippen LogP contribution >= 0.6 is 22.7 Å². The number of nitrogens with zero attached hydrogens (tertiary/aromatic N) is 2. The second-order valence-electron chi connectivity index (χ2n) is 16.6. The van der Waals surface area contributed by atoms with E-state index in [1.165, 1.54) is 62.6 Å². The zero-order valence-corrected chi connectivity index (χ0v) is 37.6. The molecule has 0 fully saturated rings. The van der Waals surface area contributed by atoms with Crippen LogP contribution in [0.25, 0.3) is 74.8 Å². The lowest BCUT2D eigenvalue weighted by atomic mass is 10.0. The molecular weight excluding hydrogens is 837 g/mol. The molecule has 0 unspecified atom stereocenters. The Morgan fingerprint density at radius 3 is 0.924 bits per heavy atom. The summed E-state index contributed by atoms with van der Waals surface area (Å²) in [6.07, 6.45) is 4.40. The maximum atomic E-state index is 2.36. The Bertz CT molecular complexity index is 3420. The largest absolute Gasteiger partial charge is 0.310 e. The molecule has 0 radical (unpaired) electrons. The van der Waals surface area contributed by atoms with Gasteiger partial charge in [0.05, 0.1) is 0 Å². The van der Waals surface area contributed by atoms with Crippen molar-refractivity contribution >= 4 is 109 Å². The van der Waals surface area contributed by atoms with Crippen LogP contribution in [0.5, 0.6) is 0 Å². The van der Waals surface area contributed by atoms with E-state index in [0.717, 1.165) is 45.3 Å². The molecular formula is C62H42N2S2. The van der Waals surface area contributed by atoms with Gasteiger partial charge in [0.2, 0.25) is 0 Å². The molecule has 2 aromatic heterocycles. The second-order valence-corrected chi connectivity index (χ2v) is 18.7. The second kappa shape index (κ2) is 17.2. The number of benzene rings is 10. The fraction of sp³-hybridized carbons (Fsp3) is 0.